The van der Waals surface area contributed by atoms with Crippen LogP contribution in [0.5, 0.6) is 0 Å². The monoisotopic (exact) mass is 251 g/mol. The Hall–Kier alpha value is -1.53. The van der Waals surface area contributed by atoms with Gasteiger partial charge in [-0.25, -0.2) is 9.97 Å². The molecule has 0 aromatic carbocycles. The van der Waals surface area contributed by atoms with Gasteiger partial charge in [0.15, 0.2) is 5.13 Å². The maximum absolute atomic E-state index is 11.4. The third-order valence-corrected chi connectivity index (χ3v) is 3.18. The molecule has 82 valence electrons. The van der Waals surface area contributed by atoms with Gasteiger partial charge in [-0.15, -0.1) is 22.7 Å². The molecule has 2 rings (SSSR count). The summed E-state index contributed by atoms with van der Waals surface area (Å²) in [6.07, 6.45) is 4.79. The topological polar surface area (TPSA) is 54.9 Å². The van der Waals surface area contributed by atoms with Crippen LogP contribution in [0, 0.1) is 6.92 Å². The fourth-order valence-corrected chi connectivity index (χ4v) is 2.16. The lowest BCUT2D eigenvalue weighted by atomic mass is 10.4. The summed E-state index contributed by atoms with van der Waals surface area (Å²) < 4.78 is 0. The SMILES string of the molecule is Cc1nc(C=CC(=O)Nc2nccs2)cs1. The van der Waals surface area contributed by atoms with E-state index in [1.807, 2.05) is 17.7 Å². The smallest absolute Gasteiger partial charge is 0.250 e. The third-order valence-electron chi connectivity index (χ3n) is 1.70. The molecule has 16 heavy (non-hydrogen) atoms. The van der Waals surface area contributed by atoms with Crippen LogP contribution in [0.25, 0.3) is 6.08 Å². The van der Waals surface area contributed by atoms with Crippen molar-refractivity contribution in [2.24, 2.45) is 0 Å². The second kappa shape index (κ2) is 5.00. The summed E-state index contributed by atoms with van der Waals surface area (Å²) in [7, 11) is 0. The van der Waals surface area contributed by atoms with Gasteiger partial charge >= 0.3 is 0 Å². The first kappa shape index (κ1) is 11.0. The Labute approximate surface area is 101 Å². The number of nitrogens with zero attached hydrogens (tertiary/aromatic N) is 2. The molecule has 0 saturated carbocycles. The number of anilines is 1. The van der Waals surface area contributed by atoms with Crippen LogP contribution < -0.4 is 5.32 Å². The van der Waals surface area contributed by atoms with Crippen molar-refractivity contribution >= 4 is 39.8 Å². The normalized spacial score (nSPS) is 10.8. The van der Waals surface area contributed by atoms with E-state index in [9.17, 15) is 4.79 Å². The molecule has 0 aliphatic heterocycles. The largest absolute Gasteiger partial charge is 0.298 e. The number of aryl methyl sites for hydroxylation is 1. The van der Waals surface area contributed by atoms with Gasteiger partial charge in [0.2, 0.25) is 5.91 Å². The number of rotatable bonds is 3. The Balaban J connectivity index is 1.94. The fraction of sp³-hybridized carbons (Fsp3) is 0.100. The van der Waals surface area contributed by atoms with Crippen LogP contribution in [-0.4, -0.2) is 15.9 Å². The maximum Gasteiger partial charge on any atom is 0.250 e. The van der Waals surface area contributed by atoms with E-state index in [0.717, 1.165) is 10.7 Å². The van der Waals surface area contributed by atoms with Crippen molar-refractivity contribution in [1.29, 1.82) is 0 Å². The Morgan fingerprint density at radius 2 is 2.38 bits per heavy atom. The minimum atomic E-state index is -0.194. The minimum absolute atomic E-state index is 0.194. The van der Waals surface area contributed by atoms with Gasteiger partial charge in [-0.3, -0.25) is 10.1 Å². The average molecular weight is 251 g/mol. The Morgan fingerprint density at radius 1 is 1.50 bits per heavy atom. The van der Waals surface area contributed by atoms with Gasteiger partial charge in [-0.05, 0) is 13.0 Å². The number of hydrogen-bond acceptors (Lipinski definition) is 5. The van der Waals surface area contributed by atoms with Gasteiger partial charge in [0.05, 0.1) is 10.7 Å². The van der Waals surface area contributed by atoms with Gasteiger partial charge in [-0.2, -0.15) is 0 Å². The lowest BCUT2D eigenvalue weighted by Crippen LogP contribution is -2.07. The first-order valence-electron chi connectivity index (χ1n) is 4.55. The van der Waals surface area contributed by atoms with Gasteiger partial charge in [0.1, 0.15) is 0 Å². The van der Waals surface area contributed by atoms with E-state index in [4.69, 9.17) is 0 Å². The van der Waals surface area contributed by atoms with Crippen LogP contribution in [-0.2, 0) is 4.79 Å². The fourth-order valence-electron chi connectivity index (χ4n) is 1.05. The second-order valence-electron chi connectivity index (χ2n) is 2.95. The van der Waals surface area contributed by atoms with Crippen molar-refractivity contribution in [2.75, 3.05) is 5.32 Å². The summed E-state index contributed by atoms with van der Waals surface area (Å²) in [6.45, 7) is 1.93. The van der Waals surface area contributed by atoms with E-state index in [-0.39, 0.29) is 5.91 Å². The Bertz CT molecular complexity index is 502. The quantitative estimate of drug-likeness (QED) is 0.853. The molecule has 0 radical (unpaired) electrons. The number of nitrogens with one attached hydrogen (secondary N) is 1. The molecule has 2 heterocycles. The van der Waals surface area contributed by atoms with Crippen molar-refractivity contribution in [3.63, 3.8) is 0 Å². The highest BCUT2D eigenvalue weighted by atomic mass is 32.1. The van der Waals surface area contributed by atoms with Crippen molar-refractivity contribution in [3.8, 4) is 0 Å². The molecule has 1 N–H and O–H groups in total. The van der Waals surface area contributed by atoms with Crippen LogP contribution in [0.3, 0.4) is 0 Å². The van der Waals surface area contributed by atoms with Gasteiger partial charge in [0, 0.05) is 23.0 Å². The summed E-state index contributed by atoms with van der Waals surface area (Å²) >= 11 is 2.94. The molecule has 0 aliphatic carbocycles. The minimum Gasteiger partial charge on any atom is -0.298 e. The van der Waals surface area contributed by atoms with Crippen LogP contribution in [0.15, 0.2) is 23.0 Å². The second-order valence-corrected chi connectivity index (χ2v) is 4.91. The number of hydrogen-bond donors (Lipinski definition) is 1. The van der Waals surface area contributed by atoms with E-state index >= 15 is 0 Å². The Kier molecular flexibility index (Phi) is 3.43. The number of aromatic nitrogens is 2. The molecule has 0 bridgehead atoms. The zero-order chi connectivity index (χ0) is 11.4. The third kappa shape index (κ3) is 2.98. The van der Waals surface area contributed by atoms with E-state index in [0.29, 0.717) is 5.13 Å². The van der Waals surface area contributed by atoms with E-state index < -0.39 is 0 Å². The zero-order valence-corrected chi connectivity index (χ0v) is 10.1. The summed E-state index contributed by atoms with van der Waals surface area (Å²) in [5.74, 6) is -0.194. The first-order chi connectivity index (χ1) is 7.74. The van der Waals surface area contributed by atoms with Crippen LogP contribution in [0.1, 0.15) is 10.7 Å². The van der Waals surface area contributed by atoms with Crippen molar-refractivity contribution in [2.45, 2.75) is 6.92 Å². The van der Waals surface area contributed by atoms with Crippen molar-refractivity contribution in [3.05, 3.63) is 33.7 Å². The molecule has 0 aliphatic rings. The number of carbonyl (C=O) groups excluding carboxylic acids is 1. The van der Waals surface area contributed by atoms with Crippen molar-refractivity contribution < 1.29 is 4.79 Å². The molecule has 0 unspecified atom stereocenters. The molecule has 1 amide bonds. The van der Waals surface area contributed by atoms with Crippen LogP contribution in [0.2, 0.25) is 0 Å². The maximum atomic E-state index is 11.4. The van der Waals surface area contributed by atoms with E-state index in [1.165, 1.54) is 17.4 Å². The molecule has 0 saturated heterocycles. The predicted molar refractivity (Wildman–Crippen MR) is 66.6 cm³/mol. The summed E-state index contributed by atoms with van der Waals surface area (Å²) in [4.78, 5) is 19.6. The lowest BCUT2D eigenvalue weighted by molar-refractivity contribution is -0.111. The lowest BCUT2D eigenvalue weighted by Gasteiger charge is -1.93. The predicted octanol–water partition coefficient (Wildman–Crippen LogP) is 2.56. The molecular formula is C10H9N3OS2. The molecule has 0 fully saturated rings. The molecule has 6 heteroatoms. The highest BCUT2D eigenvalue weighted by molar-refractivity contribution is 7.13. The number of amides is 1. The van der Waals surface area contributed by atoms with Crippen LogP contribution >= 0.6 is 22.7 Å². The molecule has 0 spiro atoms. The molecular weight excluding hydrogens is 242 g/mol. The van der Waals surface area contributed by atoms with Gasteiger partial charge in [-0.1, -0.05) is 0 Å². The highest BCUT2D eigenvalue weighted by Crippen LogP contribution is 2.11. The number of thiazole rings is 2. The summed E-state index contributed by atoms with van der Waals surface area (Å²) in [6, 6.07) is 0. The van der Waals surface area contributed by atoms with Gasteiger partial charge in [0.25, 0.3) is 0 Å². The van der Waals surface area contributed by atoms with E-state index in [1.54, 1.807) is 23.6 Å². The molecule has 2 aromatic heterocycles. The highest BCUT2D eigenvalue weighted by Gasteiger charge is 1.99. The summed E-state index contributed by atoms with van der Waals surface area (Å²) in [5, 5.41) is 7.96. The molecule has 2 aromatic rings. The van der Waals surface area contributed by atoms with E-state index in [2.05, 4.69) is 15.3 Å². The van der Waals surface area contributed by atoms with Crippen LogP contribution in [0.4, 0.5) is 5.13 Å². The Morgan fingerprint density at radius 3 is 3.00 bits per heavy atom. The first-order valence-corrected chi connectivity index (χ1v) is 6.30. The average Bonchev–Trinajstić information content (AvgIpc) is 2.87. The molecule has 0 atom stereocenters. The molecule has 4 nitrogen and oxygen atoms in total. The summed E-state index contributed by atoms with van der Waals surface area (Å²) in [5.41, 5.74) is 0.803. The standard InChI is InChI=1S/C10H9N3OS2/c1-7-12-8(6-16-7)2-3-9(14)13-10-11-4-5-15-10/h2-6H,1H3,(H,11,13,14). The van der Waals surface area contributed by atoms with Crippen molar-refractivity contribution in [1.82, 2.24) is 9.97 Å². The number of carbonyl (C=O) groups is 1. The zero-order valence-electron chi connectivity index (χ0n) is 8.51. The van der Waals surface area contributed by atoms with Gasteiger partial charge < -0.3 is 0 Å².